The average Bonchev–Trinajstić information content (AvgIpc) is 2.74. The van der Waals surface area contributed by atoms with E-state index in [0.29, 0.717) is 10.9 Å². The minimum Gasteiger partial charge on any atom is -0.480 e. The summed E-state index contributed by atoms with van der Waals surface area (Å²) >= 11 is 0. The lowest BCUT2D eigenvalue weighted by Gasteiger charge is -2.07. The van der Waals surface area contributed by atoms with Gasteiger partial charge in [-0.05, 0) is 25.1 Å². The molecule has 5 nitrogen and oxygen atoms in total. The van der Waals surface area contributed by atoms with Gasteiger partial charge in [-0.2, -0.15) is 0 Å². The number of nitrogens with one attached hydrogen (secondary N) is 2. The van der Waals surface area contributed by atoms with Crippen molar-refractivity contribution < 1.29 is 19.1 Å². The molecule has 0 saturated carbocycles. The molecular weight excluding hydrogens is 239 g/mol. The highest BCUT2D eigenvalue weighted by Crippen LogP contribution is 2.18. The van der Waals surface area contributed by atoms with E-state index >= 15 is 0 Å². The molecule has 1 atom stereocenters. The number of amides is 1. The van der Waals surface area contributed by atoms with Gasteiger partial charge in [-0.15, -0.1) is 0 Å². The molecule has 3 N–H and O–H groups in total. The van der Waals surface area contributed by atoms with E-state index in [1.807, 2.05) is 0 Å². The first-order chi connectivity index (χ1) is 8.49. The number of hydrogen-bond donors (Lipinski definition) is 3. The molecule has 0 aliphatic rings. The number of carbonyl (C=O) groups excluding carboxylic acids is 1. The molecule has 18 heavy (non-hydrogen) atoms. The van der Waals surface area contributed by atoms with Crippen molar-refractivity contribution in [2.24, 2.45) is 0 Å². The number of benzene rings is 1. The molecule has 1 aromatic heterocycles. The zero-order valence-electron chi connectivity index (χ0n) is 9.53. The maximum absolute atomic E-state index is 13.4. The number of aromatic amines is 1. The lowest BCUT2D eigenvalue weighted by molar-refractivity contribution is -0.138. The van der Waals surface area contributed by atoms with E-state index in [0.717, 1.165) is 0 Å². The van der Waals surface area contributed by atoms with Gasteiger partial charge in [-0.25, -0.2) is 4.39 Å². The number of halogens is 1. The molecule has 0 unspecified atom stereocenters. The van der Waals surface area contributed by atoms with E-state index in [2.05, 4.69) is 10.3 Å². The SMILES string of the molecule is C[C@H](NC(=O)c1cc2c(F)cccc2[nH]1)C(=O)O. The van der Waals surface area contributed by atoms with E-state index in [4.69, 9.17) is 5.11 Å². The number of aromatic nitrogens is 1. The van der Waals surface area contributed by atoms with Crippen molar-refractivity contribution in [3.05, 3.63) is 35.8 Å². The molecule has 2 aromatic rings. The zero-order chi connectivity index (χ0) is 13.3. The Morgan fingerprint density at radius 1 is 1.44 bits per heavy atom. The fourth-order valence-corrected chi connectivity index (χ4v) is 1.58. The summed E-state index contributed by atoms with van der Waals surface area (Å²) in [6.45, 7) is 1.35. The third-order valence-corrected chi connectivity index (χ3v) is 2.57. The number of carbonyl (C=O) groups is 2. The second-order valence-corrected chi connectivity index (χ2v) is 3.92. The highest BCUT2D eigenvalue weighted by Gasteiger charge is 2.17. The molecule has 94 valence electrons. The van der Waals surface area contributed by atoms with Crippen LogP contribution in [0.2, 0.25) is 0 Å². The second-order valence-electron chi connectivity index (χ2n) is 3.92. The third-order valence-electron chi connectivity index (χ3n) is 2.57. The van der Waals surface area contributed by atoms with Crippen molar-refractivity contribution in [3.8, 4) is 0 Å². The Bertz CT molecular complexity index is 621. The zero-order valence-corrected chi connectivity index (χ0v) is 9.53. The van der Waals surface area contributed by atoms with Gasteiger partial charge < -0.3 is 15.4 Å². The van der Waals surface area contributed by atoms with Crippen LogP contribution >= 0.6 is 0 Å². The highest BCUT2D eigenvalue weighted by molar-refractivity contribution is 5.99. The summed E-state index contributed by atoms with van der Waals surface area (Å²) in [4.78, 5) is 25.1. The average molecular weight is 250 g/mol. The molecule has 0 radical (unpaired) electrons. The van der Waals surface area contributed by atoms with Crippen LogP contribution in [0.25, 0.3) is 10.9 Å². The standard InChI is InChI=1S/C12H11FN2O3/c1-6(12(17)18)14-11(16)10-5-7-8(13)3-2-4-9(7)15-10/h2-6,15H,1H3,(H,14,16)(H,17,18)/t6-/m0/s1. The molecule has 6 heteroatoms. The van der Waals surface area contributed by atoms with Crippen molar-refractivity contribution in [1.29, 1.82) is 0 Å². The Balaban J connectivity index is 2.29. The van der Waals surface area contributed by atoms with Crippen LogP contribution in [0.4, 0.5) is 4.39 Å². The maximum Gasteiger partial charge on any atom is 0.325 e. The van der Waals surface area contributed by atoms with Crippen LogP contribution in [0.1, 0.15) is 17.4 Å². The Morgan fingerprint density at radius 2 is 2.17 bits per heavy atom. The monoisotopic (exact) mass is 250 g/mol. The molecule has 0 bridgehead atoms. The minimum absolute atomic E-state index is 0.128. The molecule has 0 aliphatic carbocycles. The van der Waals surface area contributed by atoms with Crippen LogP contribution in [-0.2, 0) is 4.79 Å². The number of hydrogen-bond acceptors (Lipinski definition) is 2. The fraction of sp³-hybridized carbons (Fsp3) is 0.167. The molecule has 1 aromatic carbocycles. The number of fused-ring (bicyclic) bond motifs is 1. The Hall–Kier alpha value is -2.37. The first kappa shape index (κ1) is 12.1. The third kappa shape index (κ3) is 2.17. The highest BCUT2D eigenvalue weighted by atomic mass is 19.1. The molecule has 1 amide bonds. The van der Waals surface area contributed by atoms with Gasteiger partial charge in [0.15, 0.2) is 0 Å². The first-order valence-electron chi connectivity index (χ1n) is 5.30. The number of carboxylic acid groups (broad SMARTS) is 1. The molecule has 1 heterocycles. The molecule has 2 rings (SSSR count). The van der Waals surface area contributed by atoms with Gasteiger partial charge in [-0.3, -0.25) is 9.59 Å². The van der Waals surface area contributed by atoms with Crippen LogP contribution in [0.15, 0.2) is 24.3 Å². The Kier molecular flexibility index (Phi) is 3.01. The van der Waals surface area contributed by atoms with E-state index in [9.17, 15) is 14.0 Å². The van der Waals surface area contributed by atoms with E-state index in [-0.39, 0.29) is 5.69 Å². The summed E-state index contributed by atoms with van der Waals surface area (Å²) in [5.74, 6) is -2.15. The number of H-pyrrole nitrogens is 1. The van der Waals surface area contributed by atoms with Crippen molar-refractivity contribution in [3.63, 3.8) is 0 Å². The molecule has 0 saturated heterocycles. The van der Waals surface area contributed by atoms with Crippen LogP contribution in [-0.4, -0.2) is 28.0 Å². The predicted molar refractivity (Wildman–Crippen MR) is 62.8 cm³/mol. The lowest BCUT2D eigenvalue weighted by atomic mass is 10.2. The van der Waals surface area contributed by atoms with Crippen LogP contribution in [0, 0.1) is 5.82 Å². The number of carboxylic acids is 1. The number of rotatable bonds is 3. The van der Waals surface area contributed by atoms with Gasteiger partial charge in [-0.1, -0.05) is 6.07 Å². The van der Waals surface area contributed by atoms with E-state index in [1.165, 1.54) is 25.1 Å². The fourth-order valence-electron chi connectivity index (χ4n) is 1.58. The van der Waals surface area contributed by atoms with E-state index in [1.54, 1.807) is 6.07 Å². The van der Waals surface area contributed by atoms with E-state index < -0.39 is 23.7 Å². The Labute approximate surface area is 102 Å². The molecule has 0 spiro atoms. The molecule has 0 aliphatic heterocycles. The van der Waals surface area contributed by atoms with Crippen molar-refractivity contribution in [2.45, 2.75) is 13.0 Å². The second kappa shape index (κ2) is 4.48. The molecule has 0 fully saturated rings. The Morgan fingerprint density at radius 3 is 2.78 bits per heavy atom. The largest absolute Gasteiger partial charge is 0.480 e. The summed E-state index contributed by atoms with van der Waals surface area (Å²) in [6.07, 6.45) is 0. The van der Waals surface area contributed by atoms with Gasteiger partial charge in [0.2, 0.25) is 0 Å². The van der Waals surface area contributed by atoms with Crippen LogP contribution in [0.5, 0.6) is 0 Å². The van der Waals surface area contributed by atoms with Crippen molar-refractivity contribution >= 4 is 22.8 Å². The summed E-state index contributed by atoms with van der Waals surface area (Å²) in [7, 11) is 0. The minimum atomic E-state index is -1.13. The summed E-state index contributed by atoms with van der Waals surface area (Å²) in [6, 6.07) is 4.80. The maximum atomic E-state index is 13.4. The predicted octanol–water partition coefficient (Wildman–Crippen LogP) is 1.51. The van der Waals surface area contributed by atoms with Gasteiger partial charge in [0.1, 0.15) is 17.6 Å². The summed E-state index contributed by atoms with van der Waals surface area (Å²) in [5, 5.41) is 11.3. The van der Waals surface area contributed by atoms with Gasteiger partial charge in [0.05, 0.1) is 0 Å². The van der Waals surface area contributed by atoms with Crippen LogP contribution in [0.3, 0.4) is 0 Å². The van der Waals surface area contributed by atoms with Gasteiger partial charge >= 0.3 is 5.97 Å². The lowest BCUT2D eigenvalue weighted by Crippen LogP contribution is -2.38. The normalized spacial score (nSPS) is 12.3. The van der Waals surface area contributed by atoms with Gasteiger partial charge in [0, 0.05) is 10.9 Å². The van der Waals surface area contributed by atoms with Crippen LogP contribution < -0.4 is 5.32 Å². The summed E-state index contributed by atoms with van der Waals surface area (Å²) < 4.78 is 13.4. The van der Waals surface area contributed by atoms with Crippen molar-refractivity contribution in [1.82, 2.24) is 10.3 Å². The quantitative estimate of drug-likeness (QED) is 0.772. The van der Waals surface area contributed by atoms with Crippen molar-refractivity contribution in [2.75, 3.05) is 0 Å². The smallest absolute Gasteiger partial charge is 0.325 e. The van der Waals surface area contributed by atoms with Gasteiger partial charge in [0.25, 0.3) is 5.91 Å². The topological polar surface area (TPSA) is 82.2 Å². The summed E-state index contributed by atoms with van der Waals surface area (Å²) in [5.41, 5.74) is 0.617. The molecular formula is C12H11FN2O3. The number of aliphatic carboxylic acids is 1. The first-order valence-corrected chi connectivity index (χ1v) is 5.30.